The van der Waals surface area contributed by atoms with Gasteiger partial charge in [-0.1, -0.05) is 37.3 Å². The third-order valence-electron chi connectivity index (χ3n) is 13.6. The molecule has 2 atom stereocenters. The number of halogens is 1. The third kappa shape index (κ3) is 9.29. The zero-order valence-electron chi connectivity index (χ0n) is 39.7. The van der Waals surface area contributed by atoms with E-state index in [1.165, 1.54) is 23.5 Å². The number of rotatable bonds is 11. The summed E-state index contributed by atoms with van der Waals surface area (Å²) in [7, 11) is 0. The highest BCUT2D eigenvalue weighted by atomic mass is 32.1. The lowest BCUT2D eigenvalue weighted by molar-refractivity contribution is -0.247. The Bertz CT molecular complexity index is 2680. The van der Waals surface area contributed by atoms with Crippen LogP contribution in [0.15, 0.2) is 54.7 Å². The molecular weight excluding hydrogens is 858 g/mol. The number of thiazole rings is 1. The predicted molar refractivity (Wildman–Crippen MR) is 253 cm³/mol. The highest BCUT2D eigenvalue weighted by molar-refractivity contribution is 7.22. The van der Waals surface area contributed by atoms with Crippen molar-refractivity contribution in [2.24, 2.45) is 16.2 Å². The van der Waals surface area contributed by atoms with E-state index in [1.54, 1.807) is 0 Å². The van der Waals surface area contributed by atoms with Gasteiger partial charge in [0.05, 0.1) is 28.6 Å². The van der Waals surface area contributed by atoms with E-state index in [-0.39, 0.29) is 45.8 Å². The Morgan fingerprint density at radius 2 is 1.58 bits per heavy atom. The topological polar surface area (TPSA) is 150 Å². The molecule has 350 valence electrons. The smallest absolute Gasteiger partial charge is 0.407 e. The number of ether oxygens (including phenoxy) is 3. The molecule has 10 rings (SSSR count). The maximum atomic E-state index is 15.4. The Balaban J connectivity index is 0.972. The van der Waals surface area contributed by atoms with Crippen LogP contribution in [-0.2, 0) is 33.7 Å². The fourth-order valence-electron chi connectivity index (χ4n) is 12.5. The van der Waals surface area contributed by atoms with Gasteiger partial charge in [-0.15, -0.1) is 0 Å². The molecular formula is C51H62FN7O6S. The molecule has 2 N–H and O–H groups in total. The molecule has 2 amide bonds. The Labute approximate surface area is 390 Å². The van der Waals surface area contributed by atoms with Crippen molar-refractivity contribution in [1.82, 2.24) is 25.1 Å². The Hall–Kier alpha value is -5.41. The van der Waals surface area contributed by atoms with Gasteiger partial charge in [0.25, 0.3) is 5.91 Å². The first-order valence-electron chi connectivity index (χ1n) is 23.1. The van der Waals surface area contributed by atoms with Crippen molar-refractivity contribution in [2.75, 3.05) is 29.9 Å². The van der Waals surface area contributed by atoms with Crippen LogP contribution in [0.5, 0.6) is 0 Å². The molecule has 4 saturated carbocycles. The van der Waals surface area contributed by atoms with Crippen LogP contribution in [0, 0.1) is 29.0 Å². The van der Waals surface area contributed by atoms with Crippen molar-refractivity contribution >= 4 is 50.5 Å². The maximum Gasteiger partial charge on any atom is 0.407 e. The van der Waals surface area contributed by atoms with Crippen molar-refractivity contribution < 1.29 is 33.0 Å². The second-order valence-electron chi connectivity index (χ2n) is 22.2. The number of anilines is 2. The molecule has 0 saturated heterocycles. The molecule has 2 aromatic carbocycles. The van der Waals surface area contributed by atoms with Crippen molar-refractivity contribution in [3.8, 4) is 11.1 Å². The minimum absolute atomic E-state index is 0.0603. The van der Waals surface area contributed by atoms with E-state index in [0.29, 0.717) is 65.9 Å². The molecule has 2 unspecified atom stereocenters. The molecule has 1 aliphatic heterocycles. The number of carbonyl (C=O) groups is 3. The second-order valence-corrected chi connectivity index (χ2v) is 23.2. The van der Waals surface area contributed by atoms with Gasteiger partial charge in [-0.25, -0.2) is 23.9 Å². The van der Waals surface area contributed by atoms with Gasteiger partial charge in [0, 0.05) is 48.6 Å². The van der Waals surface area contributed by atoms with Crippen LogP contribution in [0.3, 0.4) is 0 Å². The van der Waals surface area contributed by atoms with Gasteiger partial charge in [0.15, 0.2) is 10.8 Å². The van der Waals surface area contributed by atoms with E-state index in [2.05, 4.69) is 34.1 Å². The summed E-state index contributed by atoms with van der Waals surface area (Å²) in [4.78, 5) is 51.9. The first-order chi connectivity index (χ1) is 31.0. The van der Waals surface area contributed by atoms with E-state index in [0.717, 1.165) is 60.0 Å². The van der Waals surface area contributed by atoms with Crippen molar-refractivity contribution in [3.05, 3.63) is 88.6 Å². The molecule has 4 heterocycles. The molecule has 4 aliphatic carbocycles. The number of carbonyl (C=O) groups excluding carboxylic acids is 3. The Kier molecular flexibility index (Phi) is 11.4. The molecule has 0 radical (unpaired) electrons. The van der Waals surface area contributed by atoms with Crippen LogP contribution < -0.4 is 15.5 Å². The maximum absolute atomic E-state index is 15.4. The lowest BCUT2D eigenvalue weighted by Gasteiger charge is -2.69. The van der Waals surface area contributed by atoms with E-state index in [4.69, 9.17) is 24.3 Å². The average Bonchev–Trinajstić information content (AvgIpc) is 3.78. The molecule has 3 aromatic heterocycles. The normalized spacial score (nSPS) is 24.6. The number of aromatic nitrogens is 4. The zero-order chi connectivity index (χ0) is 47.0. The molecule has 66 heavy (non-hydrogen) atoms. The first-order valence-corrected chi connectivity index (χ1v) is 23.9. The van der Waals surface area contributed by atoms with Gasteiger partial charge < -0.3 is 24.4 Å². The Morgan fingerprint density at radius 1 is 0.848 bits per heavy atom. The van der Waals surface area contributed by atoms with Gasteiger partial charge in [0.1, 0.15) is 22.8 Å². The van der Waals surface area contributed by atoms with Crippen LogP contribution in [0.25, 0.3) is 21.3 Å². The molecule has 15 heteroatoms. The highest BCUT2D eigenvalue weighted by Crippen LogP contribution is 2.72. The number of hydrogen-bond acceptors (Lipinski definition) is 11. The van der Waals surface area contributed by atoms with Crippen LogP contribution in [0.2, 0.25) is 0 Å². The number of hydrogen-bond donors (Lipinski definition) is 2. The largest absolute Gasteiger partial charge is 0.455 e. The van der Waals surface area contributed by atoms with Gasteiger partial charge in [0.2, 0.25) is 0 Å². The predicted octanol–water partition coefficient (Wildman–Crippen LogP) is 10.4. The van der Waals surface area contributed by atoms with Crippen molar-refractivity contribution in [2.45, 2.75) is 137 Å². The number of esters is 1. The number of para-hydroxylation sites is 1. The molecule has 5 aliphatic rings. The summed E-state index contributed by atoms with van der Waals surface area (Å²) < 4.78 is 36.7. The lowest BCUT2D eigenvalue weighted by Crippen LogP contribution is -2.64. The number of amides is 2. The van der Waals surface area contributed by atoms with Gasteiger partial charge in [-0.3, -0.25) is 14.8 Å². The molecule has 4 fully saturated rings. The van der Waals surface area contributed by atoms with Crippen LogP contribution >= 0.6 is 11.3 Å². The number of fused-ring (bicyclic) bond motifs is 2. The summed E-state index contributed by atoms with van der Waals surface area (Å²) in [6.45, 7) is 20.0. The number of nitrogens with zero attached hydrogens (tertiary/aromatic N) is 5. The summed E-state index contributed by atoms with van der Waals surface area (Å²) in [6.07, 6.45) is 7.89. The van der Waals surface area contributed by atoms with Gasteiger partial charge >= 0.3 is 12.1 Å². The summed E-state index contributed by atoms with van der Waals surface area (Å²) in [5.74, 6) is -0.783. The van der Waals surface area contributed by atoms with Gasteiger partial charge in [-0.05, 0) is 157 Å². The minimum atomic E-state index is -0.785. The molecule has 4 bridgehead atoms. The van der Waals surface area contributed by atoms with Crippen LogP contribution in [-0.4, -0.2) is 74.2 Å². The first kappa shape index (κ1) is 45.7. The van der Waals surface area contributed by atoms with Crippen molar-refractivity contribution in [3.63, 3.8) is 0 Å². The van der Waals surface area contributed by atoms with Gasteiger partial charge in [-0.2, -0.15) is 5.10 Å². The fourth-order valence-corrected chi connectivity index (χ4v) is 13.4. The van der Waals surface area contributed by atoms with E-state index < -0.39 is 23.3 Å². The number of pyridine rings is 1. The third-order valence-corrected chi connectivity index (χ3v) is 14.6. The number of benzene rings is 2. The molecule has 5 aromatic rings. The fraction of sp³-hybridized carbons (Fsp3) is 0.529. The standard InChI is InChI=1S/C51H62FN7O6S/c1-31-35(22-54-59(31)30-50-25-48(8)24-49(9,26-50)28-51(27-48,29-50)63-21-19-53-45(62)65-47(5,6)7)33-15-17-40(56-41(33)43(61)64-46(2,3)4)58-20-18-32-36(23-58)34(14-16-37(32)52)42(60)57-44-55-38-12-10-11-13-39(38)66-44/h10-17,22H,18-21,23-30H2,1-9H3,(H,53,62)(H,55,57,60). The summed E-state index contributed by atoms with van der Waals surface area (Å²) in [6, 6.07) is 14.3. The highest BCUT2D eigenvalue weighted by Gasteiger charge is 2.66. The lowest BCUT2D eigenvalue weighted by atomic mass is 9.39. The number of nitrogens with one attached hydrogen (secondary N) is 2. The van der Waals surface area contributed by atoms with E-state index >= 15 is 4.39 Å². The summed E-state index contributed by atoms with van der Waals surface area (Å²) in [5.41, 5.74) is 3.18. The average molecular weight is 920 g/mol. The quantitative estimate of drug-likeness (QED) is 0.0968. The Morgan fingerprint density at radius 3 is 2.29 bits per heavy atom. The van der Waals surface area contributed by atoms with Crippen LogP contribution in [0.1, 0.15) is 132 Å². The van der Waals surface area contributed by atoms with Crippen molar-refractivity contribution in [1.29, 1.82) is 0 Å². The molecule has 13 nitrogen and oxygen atoms in total. The minimum Gasteiger partial charge on any atom is -0.455 e. The van der Waals surface area contributed by atoms with E-state index in [9.17, 15) is 14.4 Å². The number of alkyl carbamates (subject to hydrolysis) is 1. The monoisotopic (exact) mass is 919 g/mol. The van der Waals surface area contributed by atoms with E-state index in [1.807, 2.05) is 96.0 Å². The zero-order valence-corrected chi connectivity index (χ0v) is 40.5. The SMILES string of the molecule is Cc1c(-c2ccc(N3CCc4c(F)ccc(C(=O)Nc5nc6ccccc6s5)c4C3)nc2C(=O)OC(C)(C)C)cnn1CC12CC3(C)CC(C)(C1)CC(OCCNC(=O)OC(C)(C)C)(C3)C2. The molecule has 0 spiro atoms. The summed E-state index contributed by atoms with van der Waals surface area (Å²) >= 11 is 1.38. The second kappa shape index (κ2) is 16.4. The van der Waals surface area contributed by atoms with Crippen LogP contribution in [0.4, 0.5) is 20.1 Å². The summed E-state index contributed by atoms with van der Waals surface area (Å²) in [5, 5.41) is 11.3.